The van der Waals surface area contributed by atoms with Gasteiger partial charge in [0.2, 0.25) is 5.75 Å². The minimum atomic E-state index is -0.746. The average Bonchev–Trinajstić information content (AvgIpc) is 2.94. The molecular formula is C29H18FN3O6S. The van der Waals surface area contributed by atoms with Gasteiger partial charge in [-0.05, 0) is 90.6 Å². The summed E-state index contributed by atoms with van der Waals surface area (Å²) in [5, 5.41) is 14.1. The van der Waals surface area contributed by atoms with Crippen LogP contribution in [0.4, 0.5) is 15.8 Å². The first-order valence-corrected chi connectivity index (χ1v) is 12.2. The van der Waals surface area contributed by atoms with Crippen molar-refractivity contribution in [1.82, 2.24) is 5.32 Å². The molecule has 0 aliphatic carbocycles. The van der Waals surface area contributed by atoms with E-state index in [2.05, 4.69) is 5.32 Å². The van der Waals surface area contributed by atoms with E-state index in [1.165, 1.54) is 36.4 Å². The van der Waals surface area contributed by atoms with Gasteiger partial charge in [-0.15, -0.1) is 0 Å². The zero-order valence-electron chi connectivity index (χ0n) is 20.4. The van der Waals surface area contributed by atoms with E-state index in [9.17, 15) is 24.1 Å². The summed E-state index contributed by atoms with van der Waals surface area (Å²) < 4.78 is 24.5. The summed E-state index contributed by atoms with van der Waals surface area (Å²) in [6.07, 6.45) is 1.23. The Bertz CT molecular complexity index is 1660. The molecule has 5 rings (SSSR count). The lowest BCUT2D eigenvalue weighted by Crippen LogP contribution is -2.54. The van der Waals surface area contributed by atoms with Crippen molar-refractivity contribution >= 4 is 46.6 Å². The predicted octanol–water partition coefficient (Wildman–Crippen LogP) is 6.15. The number of nitrogens with zero attached hydrogens (tertiary/aromatic N) is 2. The quantitative estimate of drug-likeness (QED) is 0.0957. The molecule has 1 saturated heterocycles. The molecule has 0 saturated carbocycles. The molecule has 1 N–H and O–H groups in total. The van der Waals surface area contributed by atoms with Gasteiger partial charge in [0, 0.05) is 6.07 Å². The summed E-state index contributed by atoms with van der Waals surface area (Å²) >= 11 is 5.25. The zero-order valence-corrected chi connectivity index (χ0v) is 21.3. The van der Waals surface area contributed by atoms with Crippen molar-refractivity contribution in [3.05, 3.63) is 124 Å². The van der Waals surface area contributed by atoms with Crippen LogP contribution in [0.1, 0.15) is 5.56 Å². The smallest absolute Gasteiger partial charge is 0.312 e. The van der Waals surface area contributed by atoms with Crippen LogP contribution in [-0.4, -0.2) is 21.9 Å². The van der Waals surface area contributed by atoms with E-state index in [0.29, 0.717) is 17.2 Å². The van der Waals surface area contributed by atoms with Gasteiger partial charge in [0.05, 0.1) is 10.6 Å². The molecule has 0 bridgehead atoms. The number of anilines is 1. The molecule has 0 aromatic heterocycles. The van der Waals surface area contributed by atoms with Crippen molar-refractivity contribution in [3.63, 3.8) is 0 Å². The Morgan fingerprint density at radius 3 is 2.15 bits per heavy atom. The molecule has 0 spiro atoms. The monoisotopic (exact) mass is 555 g/mol. The van der Waals surface area contributed by atoms with Crippen LogP contribution in [0.25, 0.3) is 6.08 Å². The third-order valence-electron chi connectivity index (χ3n) is 5.71. The van der Waals surface area contributed by atoms with Gasteiger partial charge >= 0.3 is 5.69 Å². The van der Waals surface area contributed by atoms with Crippen LogP contribution in [0, 0.1) is 15.9 Å². The van der Waals surface area contributed by atoms with Gasteiger partial charge < -0.3 is 9.47 Å². The fourth-order valence-corrected chi connectivity index (χ4v) is 4.11. The van der Waals surface area contributed by atoms with Crippen molar-refractivity contribution in [1.29, 1.82) is 0 Å². The van der Waals surface area contributed by atoms with E-state index in [1.807, 2.05) is 18.2 Å². The molecule has 0 unspecified atom stereocenters. The predicted molar refractivity (Wildman–Crippen MR) is 149 cm³/mol. The van der Waals surface area contributed by atoms with Crippen LogP contribution in [0.3, 0.4) is 0 Å². The van der Waals surface area contributed by atoms with Crippen molar-refractivity contribution in [3.8, 4) is 23.0 Å². The van der Waals surface area contributed by atoms with Crippen molar-refractivity contribution in [2.75, 3.05) is 4.90 Å². The third-order valence-corrected chi connectivity index (χ3v) is 5.99. The summed E-state index contributed by atoms with van der Waals surface area (Å²) in [6.45, 7) is 0. The number of amides is 2. The number of rotatable bonds is 7. The molecule has 1 heterocycles. The number of carbonyl (C=O) groups is 2. The molecule has 198 valence electrons. The second-order valence-electron chi connectivity index (χ2n) is 8.41. The molecular weight excluding hydrogens is 537 g/mol. The van der Waals surface area contributed by atoms with Crippen LogP contribution in [0.2, 0.25) is 0 Å². The first kappa shape index (κ1) is 26.2. The number of nitro groups is 1. The van der Waals surface area contributed by atoms with Crippen LogP contribution >= 0.6 is 12.2 Å². The number of ether oxygens (including phenoxy) is 2. The van der Waals surface area contributed by atoms with Gasteiger partial charge in [-0.1, -0.05) is 24.3 Å². The van der Waals surface area contributed by atoms with E-state index < -0.39 is 28.2 Å². The van der Waals surface area contributed by atoms with Gasteiger partial charge in [0.15, 0.2) is 5.11 Å². The van der Waals surface area contributed by atoms with E-state index in [0.717, 1.165) is 17.0 Å². The molecule has 1 fully saturated rings. The Kier molecular flexibility index (Phi) is 7.29. The molecule has 9 nitrogen and oxygen atoms in total. The summed E-state index contributed by atoms with van der Waals surface area (Å²) in [6, 6.07) is 24.6. The van der Waals surface area contributed by atoms with Crippen molar-refractivity contribution in [2.45, 2.75) is 0 Å². The fourth-order valence-electron chi connectivity index (χ4n) is 3.83. The Balaban J connectivity index is 1.40. The van der Waals surface area contributed by atoms with Crippen LogP contribution in [0.5, 0.6) is 23.0 Å². The van der Waals surface area contributed by atoms with Gasteiger partial charge in [0.1, 0.15) is 28.6 Å². The number of carbonyl (C=O) groups excluding carboxylic acids is 2. The van der Waals surface area contributed by atoms with Crippen molar-refractivity contribution in [2.24, 2.45) is 0 Å². The van der Waals surface area contributed by atoms with Crippen molar-refractivity contribution < 1.29 is 28.4 Å². The number of halogens is 1. The van der Waals surface area contributed by atoms with Gasteiger partial charge in [0.25, 0.3) is 11.8 Å². The third kappa shape index (κ3) is 5.69. The Morgan fingerprint density at radius 1 is 0.850 bits per heavy atom. The largest absolute Gasteiger partial charge is 0.457 e. The van der Waals surface area contributed by atoms with Gasteiger partial charge in [-0.3, -0.25) is 29.9 Å². The topological polar surface area (TPSA) is 111 Å². The molecule has 4 aromatic carbocycles. The molecule has 0 atom stereocenters. The summed E-state index contributed by atoms with van der Waals surface area (Å²) in [7, 11) is 0. The maximum Gasteiger partial charge on any atom is 0.312 e. The van der Waals surface area contributed by atoms with E-state index in [4.69, 9.17) is 21.7 Å². The van der Waals surface area contributed by atoms with Gasteiger partial charge in [-0.2, -0.15) is 0 Å². The molecule has 11 heteroatoms. The average molecular weight is 556 g/mol. The Labute approximate surface area is 232 Å². The molecule has 0 radical (unpaired) electrons. The summed E-state index contributed by atoms with van der Waals surface area (Å²) in [5.74, 6) is -0.671. The number of hydrogen-bond donors (Lipinski definition) is 1. The van der Waals surface area contributed by atoms with Crippen LogP contribution in [-0.2, 0) is 9.59 Å². The first-order chi connectivity index (χ1) is 19.3. The molecule has 2 amide bonds. The molecule has 40 heavy (non-hydrogen) atoms. The lowest BCUT2D eigenvalue weighted by Gasteiger charge is -2.29. The lowest BCUT2D eigenvalue weighted by atomic mass is 10.1. The number of benzene rings is 4. The number of thiocarbonyl (C=S) groups is 1. The number of hydrogen-bond acceptors (Lipinski definition) is 7. The highest BCUT2D eigenvalue weighted by atomic mass is 32.1. The minimum Gasteiger partial charge on any atom is -0.457 e. The Hall–Kier alpha value is -5.42. The highest BCUT2D eigenvalue weighted by Crippen LogP contribution is 2.33. The Morgan fingerprint density at radius 2 is 1.48 bits per heavy atom. The van der Waals surface area contributed by atoms with Gasteiger partial charge in [-0.25, -0.2) is 4.39 Å². The minimum absolute atomic E-state index is 0.0983. The highest BCUT2D eigenvalue weighted by molar-refractivity contribution is 7.80. The normalized spacial score (nSPS) is 14.2. The summed E-state index contributed by atoms with van der Waals surface area (Å²) in [5.41, 5.74) is -0.102. The number of nitrogens with one attached hydrogen (secondary N) is 1. The fraction of sp³-hybridized carbons (Fsp3) is 0. The SMILES string of the molecule is O=C1NC(=S)N(c2ccc(Oc3ccccc3)cc2)C(=O)/C1=C/c1ccc(Oc2ccc(F)cc2)c([N+](=O)[O-])c1. The van der Waals surface area contributed by atoms with E-state index >= 15 is 0 Å². The maximum atomic E-state index is 13.4. The van der Waals surface area contributed by atoms with E-state index in [-0.39, 0.29) is 27.7 Å². The zero-order chi connectivity index (χ0) is 28.2. The molecule has 1 aliphatic rings. The molecule has 4 aromatic rings. The lowest BCUT2D eigenvalue weighted by molar-refractivity contribution is -0.385. The summed E-state index contributed by atoms with van der Waals surface area (Å²) in [4.78, 5) is 38.3. The standard InChI is InChI=1S/C29H18FN3O6S/c30-19-7-11-23(12-8-19)39-26-15-6-18(17-25(26)33(36)37)16-24-27(34)31-29(40)32(28(24)35)20-9-13-22(14-10-20)38-21-4-2-1-3-5-21/h1-17H,(H,31,34,40)/b24-16+. The second kappa shape index (κ2) is 11.1. The highest BCUT2D eigenvalue weighted by Gasteiger charge is 2.34. The second-order valence-corrected chi connectivity index (χ2v) is 8.79. The number of nitro benzene ring substituents is 1. The number of para-hydroxylation sites is 1. The first-order valence-electron chi connectivity index (χ1n) is 11.7. The van der Waals surface area contributed by atoms with Crippen LogP contribution < -0.4 is 19.7 Å². The van der Waals surface area contributed by atoms with E-state index in [1.54, 1.807) is 36.4 Å². The van der Waals surface area contributed by atoms with Crippen LogP contribution in [0.15, 0.2) is 103 Å². The molecule has 1 aliphatic heterocycles. The maximum absolute atomic E-state index is 13.4.